The van der Waals surface area contributed by atoms with Crippen LogP contribution in [-0.4, -0.2) is 67.3 Å². The number of imidazole rings is 1. The SMILES string of the molecule is Cc1cc(C)cc(-n2ccnc2SCC(=O)N2CCN(Cc3nc(-c4cccs4)no3)CC2)c1. The third kappa shape index (κ3) is 5.24. The number of rotatable bonds is 7. The van der Waals surface area contributed by atoms with Crippen molar-refractivity contribution in [3.05, 3.63) is 65.1 Å². The Morgan fingerprint density at radius 2 is 1.94 bits per heavy atom. The first-order valence-electron chi connectivity index (χ1n) is 11.2. The third-order valence-corrected chi connectivity index (χ3v) is 7.53. The summed E-state index contributed by atoms with van der Waals surface area (Å²) in [5.74, 6) is 1.75. The third-order valence-electron chi connectivity index (χ3n) is 5.71. The van der Waals surface area contributed by atoms with Gasteiger partial charge in [-0.3, -0.25) is 14.3 Å². The first kappa shape index (κ1) is 22.8. The maximum Gasteiger partial charge on any atom is 0.241 e. The molecule has 1 fully saturated rings. The molecule has 0 radical (unpaired) electrons. The van der Waals surface area contributed by atoms with Crippen molar-refractivity contribution >= 4 is 29.0 Å². The number of hydrogen-bond donors (Lipinski definition) is 0. The van der Waals surface area contributed by atoms with Gasteiger partial charge in [0, 0.05) is 44.3 Å². The van der Waals surface area contributed by atoms with Gasteiger partial charge >= 0.3 is 0 Å². The van der Waals surface area contributed by atoms with E-state index in [-0.39, 0.29) is 5.91 Å². The van der Waals surface area contributed by atoms with Crippen LogP contribution in [0.25, 0.3) is 16.4 Å². The molecule has 5 rings (SSSR count). The summed E-state index contributed by atoms with van der Waals surface area (Å²) >= 11 is 3.07. The predicted octanol–water partition coefficient (Wildman–Crippen LogP) is 4.04. The number of nitrogens with zero attached hydrogens (tertiary/aromatic N) is 6. The molecule has 176 valence electrons. The Balaban J connectivity index is 1.12. The van der Waals surface area contributed by atoms with E-state index < -0.39 is 0 Å². The second-order valence-electron chi connectivity index (χ2n) is 8.36. The Morgan fingerprint density at radius 1 is 1.15 bits per heavy atom. The number of amides is 1. The van der Waals surface area contributed by atoms with Gasteiger partial charge in [-0.25, -0.2) is 4.98 Å². The average Bonchev–Trinajstić information content (AvgIpc) is 3.59. The van der Waals surface area contributed by atoms with Crippen molar-refractivity contribution in [3.8, 4) is 16.4 Å². The fourth-order valence-electron chi connectivity index (χ4n) is 4.07. The molecule has 1 aromatic carbocycles. The number of thioether (sulfide) groups is 1. The van der Waals surface area contributed by atoms with Gasteiger partial charge in [0.25, 0.3) is 0 Å². The molecule has 0 N–H and O–H groups in total. The highest BCUT2D eigenvalue weighted by Crippen LogP contribution is 2.24. The molecule has 0 atom stereocenters. The van der Waals surface area contributed by atoms with Gasteiger partial charge in [-0.05, 0) is 48.6 Å². The van der Waals surface area contributed by atoms with Crippen molar-refractivity contribution in [1.29, 1.82) is 0 Å². The van der Waals surface area contributed by atoms with Gasteiger partial charge in [-0.1, -0.05) is 29.1 Å². The van der Waals surface area contributed by atoms with Crippen molar-refractivity contribution in [1.82, 2.24) is 29.5 Å². The van der Waals surface area contributed by atoms with E-state index in [1.165, 1.54) is 22.9 Å². The fraction of sp³-hybridized carbons (Fsp3) is 0.333. The van der Waals surface area contributed by atoms with Crippen molar-refractivity contribution in [2.24, 2.45) is 0 Å². The lowest BCUT2D eigenvalue weighted by atomic mass is 10.1. The molecule has 10 heteroatoms. The Hall–Kier alpha value is -2.95. The Morgan fingerprint density at radius 3 is 2.68 bits per heavy atom. The largest absolute Gasteiger partial charge is 0.339 e. The monoisotopic (exact) mass is 494 g/mol. The van der Waals surface area contributed by atoms with E-state index in [0.717, 1.165) is 28.8 Å². The predicted molar refractivity (Wildman–Crippen MR) is 133 cm³/mol. The van der Waals surface area contributed by atoms with E-state index in [2.05, 4.69) is 52.1 Å². The molecule has 0 saturated carbocycles. The summed E-state index contributed by atoms with van der Waals surface area (Å²) in [6.45, 7) is 7.72. The van der Waals surface area contributed by atoms with Gasteiger partial charge in [0.05, 0.1) is 17.2 Å². The van der Waals surface area contributed by atoms with E-state index in [1.807, 2.05) is 33.2 Å². The van der Waals surface area contributed by atoms with Gasteiger partial charge in [0.2, 0.25) is 17.6 Å². The van der Waals surface area contributed by atoms with Crippen LogP contribution < -0.4 is 0 Å². The minimum absolute atomic E-state index is 0.136. The summed E-state index contributed by atoms with van der Waals surface area (Å²) < 4.78 is 7.46. The minimum atomic E-state index is 0.136. The van der Waals surface area contributed by atoms with Crippen LogP contribution in [0.5, 0.6) is 0 Å². The fourth-order valence-corrected chi connectivity index (χ4v) is 5.60. The Labute approximate surface area is 206 Å². The van der Waals surface area contributed by atoms with Crippen molar-refractivity contribution in [2.75, 3.05) is 31.9 Å². The molecule has 0 unspecified atom stereocenters. The highest BCUT2D eigenvalue weighted by Gasteiger charge is 2.23. The topological polar surface area (TPSA) is 80.3 Å². The first-order chi connectivity index (χ1) is 16.5. The second kappa shape index (κ2) is 10.1. The van der Waals surface area contributed by atoms with Gasteiger partial charge in [-0.15, -0.1) is 11.3 Å². The molecule has 1 aliphatic rings. The van der Waals surface area contributed by atoms with Crippen LogP contribution >= 0.6 is 23.1 Å². The molecule has 1 aliphatic heterocycles. The maximum atomic E-state index is 12.9. The summed E-state index contributed by atoms with van der Waals surface area (Å²) in [5.41, 5.74) is 3.48. The van der Waals surface area contributed by atoms with E-state index >= 15 is 0 Å². The summed E-state index contributed by atoms with van der Waals surface area (Å²) in [6.07, 6.45) is 3.73. The highest BCUT2D eigenvalue weighted by molar-refractivity contribution is 7.99. The number of carbonyl (C=O) groups is 1. The van der Waals surface area contributed by atoms with Gasteiger partial charge < -0.3 is 9.42 Å². The van der Waals surface area contributed by atoms with Crippen molar-refractivity contribution in [2.45, 2.75) is 25.5 Å². The van der Waals surface area contributed by atoms with Crippen LogP contribution in [0.2, 0.25) is 0 Å². The molecule has 0 aliphatic carbocycles. The van der Waals surface area contributed by atoms with Gasteiger partial charge in [0.15, 0.2) is 5.16 Å². The molecular weight excluding hydrogens is 468 g/mol. The van der Waals surface area contributed by atoms with E-state index in [4.69, 9.17) is 4.52 Å². The Kier molecular flexibility index (Phi) is 6.80. The number of aromatic nitrogens is 4. The van der Waals surface area contributed by atoms with Gasteiger partial charge in [-0.2, -0.15) is 4.98 Å². The van der Waals surface area contributed by atoms with Crippen molar-refractivity contribution < 1.29 is 9.32 Å². The molecule has 0 bridgehead atoms. The van der Waals surface area contributed by atoms with E-state index in [9.17, 15) is 4.79 Å². The lowest BCUT2D eigenvalue weighted by Crippen LogP contribution is -2.48. The number of benzene rings is 1. The normalized spacial score (nSPS) is 14.6. The molecule has 34 heavy (non-hydrogen) atoms. The minimum Gasteiger partial charge on any atom is -0.339 e. The number of aryl methyl sites for hydroxylation is 2. The zero-order chi connectivity index (χ0) is 23.5. The number of carbonyl (C=O) groups excluding carboxylic acids is 1. The molecule has 1 saturated heterocycles. The van der Waals surface area contributed by atoms with Crippen LogP contribution in [0.4, 0.5) is 0 Å². The molecule has 3 aromatic heterocycles. The van der Waals surface area contributed by atoms with Crippen LogP contribution in [0.3, 0.4) is 0 Å². The summed E-state index contributed by atoms with van der Waals surface area (Å²) in [5, 5.41) is 6.90. The van der Waals surface area contributed by atoms with Crippen LogP contribution in [0.15, 0.2) is 57.8 Å². The van der Waals surface area contributed by atoms with Crippen molar-refractivity contribution in [3.63, 3.8) is 0 Å². The molecule has 4 aromatic rings. The standard InChI is InChI=1S/C24H26N6O2S2/c1-17-12-18(2)14-19(13-17)30-6-5-25-24(30)34-16-22(31)29-9-7-28(8-10-29)15-21-26-23(27-32-21)20-4-3-11-33-20/h3-6,11-14H,7-10,15-16H2,1-2H3. The first-order valence-corrected chi connectivity index (χ1v) is 13.0. The highest BCUT2D eigenvalue weighted by atomic mass is 32.2. The molecule has 1 amide bonds. The molecule has 4 heterocycles. The zero-order valence-electron chi connectivity index (χ0n) is 19.2. The lowest BCUT2D eigenvalue weighted by Gasteiger charge is -2.33. The van der Waals surface area contributed by atoms with Crippen LogP contribution in [0.1, 0.15) is 17.0 Å². The van der Waals surface area contributed by atoms with Gasteiger partial charge in [0.1, 0.15) is 0 Å². The van der Waals surface area contributed by atoms with E-state index in [0.29, 0.717) is 37.1 Å². The van der Waals surface area contributed by atoms with Crippen LogP contribution in [-0.2, 0) is 11.3 Å². The van der Waals surface area contributed by atoms with E-state index in [1.54, 1.807) is 17.5 Å². The quantitative estimate of drug-likeness (QED) is 0.359. The van der Waals surface area contributed by atoms with Crippen LogP contribution in [0, 0.1) is 13.8 Å². The number of thiophene rings is 1. The summed E-state index contributed by atoms with van der Waals surface area (Å²) in [7, 11) is 0. The smallest absolute Gasteiger partial charge is 0.241 e. The lowest BCUT2D eigenvalue weighted by molar-refractivity contribution is -0.130. The molecule has 0 spiro atoms. The number of hydrogen-bond acceptors (Lipinski definition) is 8. The average molecular weight is 495 g/mol. The second-order valence-corrected chi connectivity index (χ2v) is 10.3. The molecular formula is C24H26N6O2S2. The number of piperazine rings is 1. The molecule has 8 nitrogen and oxygen atoms in total. The maximum absolute atomic E-state index is 12.9. The summed E-state index contributed by atoms with van der Waals surface area (Å²) in [6, 6.07) is 10.4. The zero-order valence-corrected chi connectivity index (χ0v) is 20.8. The summed E-state index contributed by atoms with van der Waals surface area (Å²) in [4.78, 5) is 27.0. The Bertz CT molecular complexity index is 1240.